The summed E-state index contributed by atoms with van der Waals surface area (Å²) in [4.78, 5) is 26.7. The van der Waals surface area contributed by atoms with Crippen molar-refractivity contribution in [3.05, 3.63) is 34.8 Å². The van der Waals surface area contributed by atoms with E-state index in [-0.39, 0.29) is 17.8 Å². The van der Waals surface area contributed by atoms with E-state index in [1.54, 1.807) is 4.57 Å². The molecule has 4 rings (SSSR count). The summed E-state index contributed by atoms with van der Waals surface area (Å²) in [5.41, 5.74) is 1.46. The van der Waals surface area contributed by atoms with Gasteiger partial charge in [-0.05, 0) is 43.7 Å². The van der Waals surface area contributed by atoms with Crippen molar-refractivity contribution in [1.29, 1.82) is 0 Å². The SMILES string of the molecule is COC(=O)C1CC2CCCCC2N1CCCn1c(=O)oc2ccccc21. The average Bonchev–Trinajstić information content (AvgIpc) is 3.19. The van der Waals surface area contributed by atoms with Crippen LogP contribution in [0.1, 0.15) is 38.5 Å². The van der Waals surface area contributed by atoms with Gasteiger partial charge in [-0.15, -0.1) is 0 Å². The van der Waals surface area contributed by atoms with E-state index >= 15 is 0 Å². The van der Waals surface area contributed by atoms with Gasteiger partial charge in [-0.3, -0.25) is 14.3 Å². The molecule has 3 atom stereocenters. The molecule has 1 aliphatic heterocycles. The van der Waals surface area contributed by atoms with Crippen LogP contribution < -0.4 is 5.76 Å². The number of aromatic nitrogens is 1. The van der Waals surface area contributed by atoms with E-state index in [9.17, 15) is 9.59 Å². The molecule has 6 heteroatoms. The van der Waals surface area contributed by atoms with Gasteiger partial charge in [0.05, 0.1) is 12.6 Å². The number of hydrogen-bond donors (Lipinski definition) is 0. The molecule has 0 spiro atoms. The summed E-state index contributed by atoms with van der Waals surface area (Å²) in [5, 5.41) is 0. The molecular weight excluding hydrogens is 332 g/mol. The molecule has 2 aromatic rings. The van der Waals surface area contributed by atoms with Crippen molar-refractivity contribution in [2.45, 2.75) is 57.2 Å². The Morgan fingerprint density at radius 2 is 2.04 bits per heavy atom. The number of carbonyl (C=O) groups excluding carboxylic acids is 1. The maximum absolute atomic E-state index is 12.3. The van der Waals surface area contributed by atoms with Crippen LogP contribution in [0.25, 0.3) is 11.1 Å². The standard InChI is InChI=1S/C20H26N2O4/c1-25-19(23)17-13-14-7-2-3-8-15(14)21(17)11-6-12-22-16-9-4-5-10-18(16)26-20(22)24/h4-5,9-10,14-15,17H,2-3,6-8,11-13H2,1H3. The fraction of sp³-hybridized carbons (Fsp3) is 0.600. The van der Waals surface area contributed by atoms with Gasteiger partial charge in [-0.2, -0.15) is 0 Å². The molecule has 2 fully saturated rings. The lowest BCUT2D eigenvalue weighted by Gasteiger charge is -2.33. The number of carbonyl (C=O) groups is 1. The summed E-state index contributed by atoms with van der Waals surface area (Å²) in [6, 6.07) is 7.84. The van der Waals surface area contributed by atoms with Gasteiger partial charge in [0.25, 0.3) is 0 Å². The molecule has 2 heterocycles. The zero-order valence-corrected chi connectivity index (χ0v) is 15.2. The number of ether oxygens (including phenoxy) is 1. The average molecular weight is 358 g/mol. The Kier molecular flexibility index (Phi) is 4.85. The van der Waals surface area contributed by atoms with Crippen molar-refractivity contribution in [2.24, 2.45) is 5.92 Å². The zero-order chi connectivity index (χ0) is 18.1. The molecular formula is C20H26N2O4. The summed E-state index contributed by atoms with van der Waals surface area (Å²) in [6.07, 6.45) is 6.58. The van der Waals surface area contributed by atoms with Crippen LogP contribution in [0.2, 0.25) is 0 Å². The Morgan fingerprint density at radius 1 is 1.23 bits per heavy atom. The van der Waals surface area contributed by atoms with Gasteiger partial charge in [-0.1, -0.05) is 25.0 Å². The van der Waals surface area contributed by atoms with Crippen LogP contribution in [0, 0.1) is 5.92 Å². The molecule has 0 N–H and O–H groups in total. The number of oxazole rings is 1. The van der Waals surface area contributed by atoms with Gasteiger partial charge in [0.15, 0.2) is 5.58 Å². The first-order chi connectivity index (χ1) is 12.7. The van der Waals surface area contributed by atoms with Crippen LogP contribution >= 0.6 is 0 Å². The minimum absolute atomic E-state index is 0.120. The highest BCUT2D eigenvalue weighted by Crippen LogP contribution is 2.40. The molecule has 26 heavy (non-hydrogen) atoms. The van der Waals surface area contributed by atoms with Gasteiger partial charge in [-0.25, -0.2) is 4.79 Å². The summed E-state index contributed by atoms with van der Waals surface area (Å²) < 4.78 is 12.0. The number of aryl methyl sites for hydroxylation is 1. The minimum atomic E-state index is -0.312. The maximum atomic E-state index is 12.3. The van der Waals surface area contributed by atoms with Crippen LogP contribution in [-0.2, 0) is 16.1 Å². The number of benzene rings is 1. The molecule has 0 amide bonds. The molecule has 1 aliphatic carbocycles. The van der Waals surface area contributed by atoms with Gasteiger partial charge in [0.1, 0.15) is 6.04 Å². The molecule has 1 saturated heterocycles. The highest BCUT2D eigenvalue weighted by molar-refractivity contribution is 5.76. The summed E-state index contributed by atoms with van der Waals surface area (Å²) in [7, 11) is 1.47. The molecule has 0 bridgehead atoms. The first-order valence-corrected chi connectivity index (χ1v) is 9.61. The van der Waals surface area contributed by atoms with Crippen molar-refractivity contribution in [3.63, 3.8) is 0 Å². The number of fused-ring (bicyclic) bond motifs is 2. The second kappa shape index (κ2) is 7.27. The van der Waals surface area contributed by atoms with Crippen molar-refractivity contribution in [1.82, 2.24) is 9.47 Å². The minimum Gasteiger partial charge on any atom is -0.468 e. The monoisotopic (exact) mass is 358 g/mol. The first-order valence-electron chi connectivity index (χ1n) is 9.61. The number of rotatable bonds is 5. The smallest absolute Gasteiger partial charge is 0.419 e. The molecule has 3 unspecified atom stereocenters. The third kappa shape index (κ3) is 3.07. The first kappa shape index (κ1) is 17.3. The highest BCUT2D eigenvalue weighted by Gasteiger charge is 2.45. The summed E-state index contributed by atoms with van der Waals surface area (Å²) >= 11 is 0. The Morgan fingerprint density at radius 3 is 2.88 bits per heavy atom. The molecule has 2 aliphatic rings. The van der Waals surface area contributed by atoms with E-state index in [0.29, 0.717) is 24.1 Å². The Hall–Kier alpha value is -2.08. The van der Waals surface area contributed by atoms with Crippen LogP contribution in [0.5, 0.6) is 0 Å². The fourth-order valence-corrected chi connectivity index (χ4v) is 4.88. The summed E-state index contributed by atoms with van der Waals surface area (Å²) in [5.74, 6) is 0.170. The van der Waals surface area contributed by atoms with Crippen molar-refractivity contribution >= 4 is 17.1 Å². The quantitative estimate of drug-likeness (QED) is 0.769. The largest absolute Gasteiger partial charge is 0.468 e. The zero-order valence-electron chi connectivity index (χ0n) is 15.2. The van der Waals surface area contributed by atoms with Gasteiger partial charge < -0.3 is 9.15 Å². The number of hydrogen-bond acceptors (Lipinski definition) is 5. The Bertz CT molecular complexity index is 840. The van der Waals surface area contributed by atoms with Crippen LogP contribution in [0.15, 0.2) is 33.5 Å². The Balaban J connectivity index is 1.47. The molecule has 1 saturated carbocycles. The number of para-hydroxylation sites is 2. The Labute approximate surface area is 152 Å². The molecule has 1 aromatic heterocycles. The predicted molar refractivity (Wildman–Crippen MR) is 98.0 cm³/mol. The van der Waals surface area contributed by atoms with Crippen LogP contribution in [0.3, 0.4) is 0 Å². The number of likely N-dealkylation sites (tertiary alicyclic amines) is 1. The topological polar surface area (TPSA) is 64.7 Å². The van der Waals surface area contributed by atoms with Crippen molar-refractivity contribution in [2.75, 3.05) is 13.7 Å². The summed E-state index contributed by atoms with van der Waals surface area (Å²) in [6.45, 7) is 1.39. The second-order valence-electron chi connectivity index (χ2n) is 7.47. The van der Waals surface area contributed by atoms with Crippen molar-refractivity contribution in [3.8, 4) is 0 Å². The molecule has 6 nitrogen and oxygen atoms in total. The van der Waals surface area contributed by atoms with Crippen molar-refractivity contribution < 1.29 is 13.9 Å². The lowest BCUT2D eigenvalue weighted by Crippen LogP contribution is -2.43. The van der Waals surface area contributed by atoms with E-state index in [0.717, 1.165) is 31.3 Å². The number of esters is 1. The molecule has 140 valence electrons. The normalized spacial score (nSPS) is 26.1. The third-order valence-electron chi connectivity index (χ3n) is 6.07. The fourth-order valence-electron chi connectivity index (χ4n) is 4.88. The van der Waals surface area contributed by atoms with E-state index < -0.39 is 0 Å². The van der Waals surface area contributed by atoms with Crippen LogP contribution in [0.4, 0.5) is 0 Å². The van der Waals surface area contributed by atoms with E-state index in [2.05, 4.69) is 4.90 Å². The maximum Gasteiger partial charge on any atom is 0.419 e. The predicted octanol–water partition coefficient (Wildman–Crippen LogP) is 2.79. The highest BCUT2D eigenvalue weighted by atomic mass is 16.5. The van der Waals surface area contributed by atoms with E-state index in [1.165, 1.54) is 26.4 Å². The number of methoxy groups -OCH3 is 1. The van der Waals surface area contributed by atoms with Crippen LogP contribution in [-0.4, -0.2) is 41.2 Å². The second-order valence-corrected chi connectivity index (χ2v) is 7.47. The van der Waals surface area contributed by atoms with Gasteiger partial charge >= 0.3 is 11.7 Å². The molecule has 0 radical (unpaired) electrons. The lowest BCUT2D eigenvalue weighted by molar-refractivity contribution is -0.146. The van der Waals surface area contributed by atoms with E-state index in [1.807, 2.05) is 24.3 Å². The van der Waals surface area contributed by atoms with Gasteiger partial charge in [0, 0.05) is 19.1 Å². The lowest BCUT2D eigenvalue weighted by atomic mass is 9.85. The molecule has 1 aromatic carbocycles. The third-order valence-corrected chi connectivity index (χ3v) is 6.07. The number of nitrogens with zero attached hydrogens (tertiary/aromatic N) is 2. The van der Waals surface area contributed by atoms with E-state index in [4.69, 9.17) is 9.15 Å². The van der Waals surface area contributed by atoms with Gasteiger partial charge in [0.2, 0.25) is 0 Å².